The molecule has 1 aliphatic rings. The minimum atomic E-state index is -0.214. The zero-order chi connectivity index (χ0) is 21.8. The molecule has 31 heavy (non-hydrogen) atoms. The van der Waals surface area contributed by atoms with E-state index < -0.39 is 0 Å². The molecule has 0 spiro atoms. The second kappa shape index (κ2) is 9.22. The van der Waals surface area contributed by atoms with Gasteiger partial charge in [-0.1, -0.05) is 11.8 Å². The van der Waals surface area contributed by atoms with Gasteiger partial charge in [0.25, 0.3) is 5.91 Å². The Morgan fingerprint density at radius 2 is 1.81 bits per heavy atom. The predicted molar refractivity (Wildman–Crippen MR) is 119 cm³/mol. The number of methoxy groups -OCH3 is 1. The summed E-state index contributed by atoms with van der Waals surface area (Å²) in [6.45, 7) is 0.952. The van der Waals surface area contributed by atoms with Gasteiger partial charge in [-0.3, -0.25) is 14.2 Å². The summed E-state index contributed by atoms with van der Waals surface area (Å²) in [6.07, 6.45) is 3.38. The average molecular weight is 438 g/mol. The van der Waals surface area contributed by atoms with Gasteiger partial charge >= 0.3 is 0 Å². The number of nitrogens with one attached hydrogen (secondary N) is 1. The fourth-order valence-electron chi connectivity index (χ4n) is 3.51. The third kappa shape index (κ3) is 4.41. The standard InChI is InChI=1S/C22H23N5O3S/c1-30-18-11-9-17(10-12-18)27-19(24-25-22(27)31-2)14-23-21(29)15-5-7-16(8-6-15)26-13-3-4-20(26)28/h5-12H,3-4,13-14H2,1-2H3,(H,23,29). The first-order valence-corrected chi connectivity index (χ1v) is 11.1. The summed E-state index contributed by atoms with van der Waals surface area (Å²) in [7, 11) is 1.62. The molecular weight excluding hydrogens is 414 g/mol. The number of nitrogens with zero attached hydrogens (tertiary/aromatic N) is 4. The molecule has 0 aliphatic carbocycles. The molecule has 1 aromatic heterocycles. The second-order valence-corrected chi connectivity index (χ2v) is 7.79. The van der Waals surface area contributed by atoms with Gasteiger partial charge < -0.3 is 15.0 Å². The van der Waals surface area contributed by atoms with Crippen molar-refractivity contribution in [2.24, 2.45) is 0 Å². The maximum atomic E-state index is 12.7. The first-order valence-electron chi connectivity index (χ1n) is 9.92. The van der Waals surface area contributed by atoms with Crippen LogP contribution in [0.3, 0.4) is 0 Å². The van der Waals surface area contributed by atoms with E-state index in [2.05, 4.69) is 15.5 Å². The van der Waals surface area contributed by atoms with Crippen molar-refractivity contribution in [1.82, 2.24) is 20.1 Å². The van der Waals surface area contributed by atoms with Crippen LogP contribution in [-0.4, -0.2) is 46.5 Å². The van der Waals surface area contributed by atoms with Gasteiger partial charge in [-0.15, -0.1) is 10.2 Å². The highest BCUT2D eigenvalue weighted by molar-refractivity contribution is 7.98. The summed E-state index contributed by atoms with van der Waals surface area (Å²) in [4.78, 5) is 26.3. The van der Waals surface area contributed by atoms with E-state index in [0.717, 1.165) is 35.2 Å². The number of benzene rings is 2. The van der Waals surface area contributed by atoms with Crippen LogP contribution in [0.5, 0.6) is 5.75 Å². The van der Waals surface area contributed by atoms with Crippen LogP contribution >= 0.6 is 11.8 Å². The molecule has 1 saturated heterocycles. The third-order valence-corrected chi connectivity index (χ3v) is 5.76. The highest BCUT2D eigenvalue weighted by Gasteiger charge is 2.22. The highest BCUT2D eigenvalue weighted by Crippen LogP contribution is 2.23. The minimum absolute atomic E-state index is 0.125. The van der Waals surface area contributed by atoms with Gasteiger partial charge in [-0.2, -0.15) is 0 Å². The molecule has 2 heterocycles. The summed E-state index contributed by atoms with van der Waals surface area (Å²) in [5.74, 6) is 1.30. The first kappa shape index (κ1) is 20.9. The quantitative estimate of drug-likeness (QED) is 0.572. The maximum absolute atomic E-state index is 12.7. The van der Waals surface area contributed by atoms with E-state index in [4.69, 9.17) is 4.74 Å². The Labute approximate surface area is 184 Å². The fraction of sp³-hybridized carbons (Fsp3) is 0.273. The average Bonchev–Trinajstić information content (AvgIpc) is 3.43. The van der Waals surface area contributed by atoms with Crippen LogP contribution in [0, 0.1) is 0 Å². The molecular formula is C22H23N5O3S. The molecule has 1 aliphatic heterocycles. The molecule has 8 nitrogen and oxygen atoms in total. The molecule has 0 unspecified atom stereocenters. The van der Waals surface area contributed by atoms with Gasteiger partial charge in [-0.05, 0) is 61.2 Å². The molecule has 2 aromatic carbocycles. The van der Waals surface area contributed by atoms with Crippen LogP contribution in [-0.2, 0) is 11.3 Å². The van der Waals surface area contributed by atoms with Crippen molar-refractivity contribution >= 4 is 29.3 Å². The zero-order valence-corrected chi connectivity index (χ0v) is 18.2. The molecule has 1 fully saturated rings. The van der Waals surface area contributed by atoms with Crippen LogP contribution < -0.4 is 15.0 Å². The van der Waals surface area contributed by atoms with Gasteiger partial charge in [0.1, 0.15) is 5.75 Å². The summed E-state index contributed by atoms with van der Waals surface area (Å²) < 4.78 is 7.13. The summed E-state index contributed by atoms with van der Waals surface area (Å²) in [5.41, 5.74) is 2.23. The largest absolute Gasteiger partial charge is 0.497 e. The van der Waals surface area contributed by atoms with Crippen molar-refractivity contribution in [3.8, 4) is 11.4 Å². The fourth-order valence-corrected chi connectivity index (χ4v) is 4.03. The molecule has 160 valence electrons. The molecule has 0 saturated carbocycles. The smallest absolute Gasteiger partial charge is 0.251 e. The van der Waals surface area contributed by atoms with E-state index in [0.29, 0.717) is 17.8 Å². The SMILES string of the molecule is COc1ccc(-n2c(CNC(=O)c3ccc(N4CCCC4=O)cc3)nnc2SC)cc1. The summed E-state index contributed by atoms with van der Waals surface area (Å²) in [6, 6.07) is 14.7. The second-order valence-electron chi connectivity index (χ2n) is 7.01. The maximum Gasteiger partial charge on any atom is 0.251 e. The highest BCUT2D eigenvalue weighted by atomic mass is 32.2. The number of amides is 2. The number of hydrogen-bond acceptors (Lipinski definition) is 6. The topological polar surface area (TPSA) is 89.4 Å². The van der Waals surface area contributed by atoms with Crippen LogP contribution in [0.25, 0.3) is 5.69 Å². The Balaban J connectivity index is 1.47. The Hall–Kier alpha value is -3.33. The van der Waals surface area contributed by atoms with E-state index in [1.807, 2.05) is 47.2 Å². The third-order valence-electron chi connectivity index (χ3n) is 5.14. The number of anilines is 1. The van der Waals surface area contributed by atoms with Crippen molar-refractivity contribution in [1.29, 1.82) is 0 Å². The lowest BCUT2D eigenvalue weighted by Gasteiger charge is -2.16. The predicted octanol–water partition coefficient (Wildman–Crippen LogP) is 3.05. The molecule has 0 bridgehead atoms. The Kier molecular flexibility index (Phi) is 6.22. The number of aromatic nitrogens is 3. The van der Waals surface area contributed by atoms with Gasteiger partial charge in [0.05, 0.1) is 13.7 Å². The molecule has 4 rings (SSSR count). The first-order chi connectivity index (χ1) is 15.1. The number of hydrogen-bond donors (Lipinski definition) is 1. The van der Waals surface area contributed by atoms with Crippen molar-refractivity contribution in [2.45, 2.75) is 24.5 Å². The van der Waals surface area contributed by atoms with Crippen LogP contribution in [0.4, 0.5) is 5.69 Å². The number of carbonyl (C=O) groups is 2. The monoisotopic (exact) mass is 437 g/mol. The van der Waals surface area contributed by atoms with Crippen LogP contribution in [0.2, 0.25) is 0 Å². The summed E-state index contributed by atoms with van der Waals surface area (Å²) >= 11 is 1.48. The number of thioether (sulfide) groups is 1. The Morgan fingerprint density at radius 1 is 1.10 bits per heavy atom. The van der Waals surface area contributed by atoms with Gasteiger partial charge in [0.2, 0.25) is 5.91 Å². The molecule has 0 atom stereocenters. The van der Waals surface area contributed by atoms with E-state index in [1.54, 1.807) is 24.1 Å². The van der Waals surface area contributed by atoms with Crippen molar-refractivity contribution in [3.63, 3.8) is 0 Å². The molecule has 9 heteroatoms. The van der Waals surface area contributed by atoms with Crippen molar-refractivity contribution in [3.05, 3.63) is 59.9 Å². The summed E-state index contributed by atoms with van der Waals surface area (Å²) in [5, 5.41) is 12.1. The van der Waals surface area contributed by atoms with Crippen LogP contribution in [0.15, 0.2) is 53.7 Å². The Bertz CT molecular complexity index is 1080. The number of carbonyl (C=O) groups excluding carboxylic acids is 2. The van der Waals surface area contributed by atoms with Gasteiger partial charge in [0, 0.05) is 29.9 Å². The van der Waals surface area contributed by atoms with Gasteiger partial charge in [-0.25, -0.2) is 0 Å². The van der Waals surface area contributed by atoms with E-state index >= 15 is 0 Å². The Morgan fingerprint density at radius 3 is 2.42 bits per heavy atom. The van der Waals surface area contributed by atoms with Crippen molar-refractivity contribution < 1.29 is 14.3 Å². The van der Waals surface area contributed by atoms with Crippen molar-refractivity contribution in [2.75, 3.05) is 24.8 Å². The normalized spacial score (nSPS) is 13.5. The number of rotatable bonds is 7. The lowest BCUT2D eigenvalue weighted by molar-refractivity contribution is -0.117. The molecule has 3 aromatic rings. The minimum Gasteiger partial charge on any atom is -0.497 e. The van der Waals surface area contributed by atoms with E-state index in [1.165, 1.54) is 11.8 Å². The molecule has 2 amide bonds. The van der Waals surface area contributed by atoms with E-state index in [9.17, 15) is 9.59 Å². The molecule has 0 radical (unpaired) electrons. The zero-order valence-electron chi connectivity index (χ0n) is 17.4. The lowest BCUT2D eigenvalue weighted by atomic mass is 10.2. The lowest BCUT2D eigenvalue weighted by Crippen LogP contribution is -2.25. The molecule has 1 N–H and O–H groups in total. The van der Waals surface area contributed by atoms with Crippen LogP contribution in [0.1, 0.15) is 29.0 Å². The number of ether oxygens (including phenoxy) is 1. The van der Waals surface area contributed by atoms with Gasteiger partial charge in [0.15, 0.2) is 11.0 Å². The van der Waals surface area contributed by atoms with E-state index in [-0.39, 0.29) is 18.4 Å².